The molecule has 0 saturated carbocycles. The van der Waals surface area contributed by atoms with Gasteiger partial charge >= 0.3 is 0 Å². The van der Waals surface area contributed by atoms with Gasteiger partial charge in [-0.2, -0.15) is 0 Å². The van der Waals surface area contributed by atoms with E-state index in [1.807, 2.05) is 48.3 Å². The number of hydrogen-bond acceptors (Lipinski definition) is 3. The Bertz CT molecular complexity index is 619. The smallest absolute Gasteiger partial charge is 0.253 e. The van der Waals surface area contributed by atoms with E-state index in [1.54, 1.807) is 6.26 Å². The first-order valence-electron chi connectivity index (χ1n) is 7.75. The number of amides is 1. The number of carbonyl (C=O) groups excluding carboxylic acids is 1. The maximum Gasteiger partial charge on any atom is 0.253 e. The van der Waals surface area contributed by atoms with Gasteiger partial charge in [-0.1, -0.05) is 12.1 Å². The Morgan fingerprint density at radius 1 is 1.32 bits per heavy atom. The molecule has 1 unspecified atom stereocenters. The molecule has 0 N–H and O–H groups in total. The summed E-state index contributed by atoms with van der Waals surface area (Å²) in [5.41, 5.74) is 1.71. The van der Waals surface area contributed by atoms with Gasteiger partial charge in [0.2, 0.25) is 0 Å². The molecule has 2 aromatic rings. The van der Waals surface area contributed by atoms with Gasteiger partial charge in [0, 0.05) is 30.8 Å². The first-order valence-corrected chi connectivity index (χ1v) is 7.75. The van der Waals surface area contributed by atoms with Gasteiger partial charge in [0.1, 0.15) is 5.76 Å². The van der Waals surface area contributed by atoms with Gasteiger partial charge in [0.25, 0.3) is 5.91 Å². The normalized spacial score (nSPS) is 18.5. The molecule has 1 aromatic heterocycles. The van der Waals surface area contributed by atoms with Crippen molar-refractivity contribution in [1.82, 2.24) is 9.80 Å². The molecule has 1 aromatic carbocycles. The Hall–Kier alpha value is -2.07. The van der Waals surface area contributed by atoms with Crippen LogP contribution in [0.1, 0.15) is 23.2 Å². The lowest BCUT2D eigenvalue weighted by atomic mass is 10.1. The van der Waals surface area contributed by atoms with Crippen molar-refractivity contribution in [2.24, 2.45) is 0 Å². The quantitative estimate of drug-likeness (QED) is 0.870. The van der Waals surface area contributed by atoms with Crippen LogP contribution >= 0.6 is 0 Å². The van der Waals surface area contributed by atoms with Crippen molar-refractivity contribution < 1.29 is 9.21 Å². The molecule has 1 aliphatic rings. The molecule has 4 nitrogen and oxygen atoms in total. The zero-order valence-electron chi connectivity index (χ0n) is 13.2. The number of likely N-dealkylation sites (tertiary alicyclic amines) is 1. The molecule has 0 spiro atoms. The molecular weight excluding hydrogens is 276 g/mol. The Morgan fingerprint density at radius 3 is 2.68 bits per heavy atom. The number of likely N-dealkylation sites (N-methyl/N-ethyl adjacent to an activating group) is 2. The third-order valence-corrected chi connectivity index (χ3v) is 4.44. The number of nitrogens with zero attached hydrogens (tertiary/aromatic N) is 2. The van der Waals surface area contributed by atoms with Crippen molar-refractivity contribution in [2.45, 2.75) is 18.9 Å². The third kappa shape index (κ3) is 3.07. The van der Waals surface area contributed by atoms with Gasteiger partial charge < -0.3 is 14.2 Å². The van der Waals surface area contributed by atoms with Crippen LogP contribution in [0.3, 0.4) is 0 Å². The highest BCUT2D eigenvalue weighted by atomic mass is 16.3. The van der Waals surface area contributed by atoms with E-state index in [2.05, 4.69) is 11.9 Å². The van der Waals surface area contributed by atoms with Crippen LogP contribution in [0.25, 0.3) is 11.3 Å². The number of rotatable bonds is 4. The standard InChI is InChI=1S/C18H22N2O2/c1-19-11-3-5-16(19)13-20(2)18(21)15-9-7-14(8-10-15)17-6-4-12-22-17/h4,6-10,12,16H,3,5,11,13H2,1-2H3. The molecule has 4 heteroatoms. The van der Waals surface area contributed by atoms with Crippen molar-refractivity contribution >= 4 is 5.91 Å². The minimum atomic E-state index is 0.0753. The summed E-state index contributed by atoms with van der Waals surface area (Å²) in [6.07, 6.45) is 4.05. The molecule has 1 amide bonds. The first kappa shape index (κ1) is 14.9. The lowest BCUT2D eigenvalue weighted by molar-refractivity contribution is 0.0761. The molecule has 2 heterocycles. The van der Waals surface area contributed by atoms with Crippen LogP contribution in [0.15, 0.2) is 47.1 Å². The summed E-state index contributed by atoms with van der Waals surface area (Å²) >= 11 is 0. The molecule has 116 valence electrons. The number of benzene rings is 1. The van der Waals surface area contributed by atoms with E-state index in [4.69, 9.17) is 4.42 Å². The lowest BCUT2D eigenvalue weighted by Gasteiger charge is -2.26. The Balaban J connectivity index is 1.66. The molecule has 1 aliphatic heterocycles. The molecule has 0 bridgehead atoms. The van der Waals surface area contributed by atoms with E-state index in [0.717, 1.165) is 30.0 Å². The third-order valence-electron chi connectivity index (χ3n) is 4.44. The van der Waals surface area contributed by atoms with Crippen LogP contribution in [-0.2, 0) is 0 Å². The molecule has 0 aliphatic carbocycles. The van der Waals surface area contributed by atoms with E-state index in [1.165, 1.54) is 12.8 Å². The van der Waals surface area contributed by atoms with E-state index < -0.39 is 0 Å². The Labute approximate surface area is 131 Å². The fourth-order valence-corrected chi connectivity index (χ4v) is 3.05. The molecule has 0 radical (unpaired) electrons. The highest BCUT2D eigenvalue weighted by molar-refractivity contribution is 5.94. The average molecular weight is 298 g/mol. The lowest BCUT2D eigenvalue weighted by Crippen LogP contribution is -2.39. The fraction of sp³-hybridized carbons (Fsp3) is 0.389. The summed E-state index contributed by atoms with van der Waals surface area (Å²) < 4.78 is 5.37. The predicted molar refractivity (Wildman–Crippen MR) is 86.8 cm³/mol. The number of hydrogen-bond donors (Lipinski definition) is 0. The van der Waals surface area contributed by atoms with Crippen LogP contribution in [0.4, 0.5) is 0 Å². The predicted octanol–water partition coefficient (Wildman–Crippen LogP) is 3.11. The highest BCUT2D eigenvalue weighted by Gasteiger charge is 2.24. The number of carbonyl (C=O) groups is 1. The SMILES string of the molecule is CN(CC1CCCN1C)C(=O)c1ccc(-c2ccco2)cc1. The summed E-state index contributed by atoms with van der Waals surface area (Å²) in [4.78, 5) is 16.7. The fourth-order valence-electron chi connectivity index (χ4n) is 3.05. The van der Waals surface area contributed by atoms with Gasteiger partial charge in [0.05, 0.1) is 6.26 Å². The van der Waals surface area contributed by atoms with Crippen LogP contribution in [0.5, 0.6) is 0 Å². The van der Waals surface area contributed by atoms with Crippen LogP contribution in [0.2, 0.25) is 0 Å². The maximum atomic E-state index is 12.5. The maximum absolute atomic E-state index is 12.5. The molecule has 22 heavy (non-hydrogen) atoms. The second kappa shape index (κ2) is 6.36. The minimum Gasteiger partial charge on any atom is -0.464 e. The van der Waals surface area contributed by atoms with Gasteiger partial charge in [-0.25, -0.2) is 0 Å². The largest absolute Gasteiger partial charge is 0.464 e. The summed E-state index contributed by atoms with van der Waals surface area (Å²) in [6, 6.07) is 11.9. The zero-order chi connectivity index (χ0) is 15.5. The van der Waals surface area contributed by atoms with Gasteiger partial charge in [-0.05, 0) is 50.7 Å². The van der Waals surface area contributed by atoms with E-state index in [9.17, 15) is 4.79 Å². The average Bonchev–Trinajstić information content (AvgIpc) is 3.19. The van der Waals surface area contributed by atoms with Crippen molar-refractivity contribution in [1.29, 1.82) is 0 Å². The van der Waals surface area contributed by atoms with E-state index in [0.29, 0.717) is 6.04 Å². The van der Waals surface area contributed by atoms with E-state index in [-0.39, 0.29) is 5.91 Å². The number of furan rings is 1. The Kier molecular flexibility index (Phi) is 4.29. The second-order valence-corrected chi connectivity index (χ2v) is 6.02. The molecular formula is C18H22N2O2. The molecule has 1 fully saturated rings. The van der Waals surface area contributed by atoms with Gasteiger partial charge in [-0.3, -0.25) is 4.79 Å². The van der Waals surface area contributed by atoms with Crippen molar-refractivity contribution in [3.63, 3.8) is 0 Å². The topological polar surface area (TPSA) is 36.7 Å². The van der Waals surface area contributed by atoms with Gasteiger partial charge in [-0.15, -0.1) is 0 Å². The van der Waals surface area contributed by atoms with E-state index >= 15 is 0 Å². The van der Waals surface area contributed by atoms with Crippen molar-refractivity contribution in [3.8, 4) is 11.3 Å². The molecule has 1 saturated heterocycles. The van der Waals surface area contributed by atoms with Crippen LogP contribution < -0.4 is 0 Å². The summed E-state index contributed by atoms with van der Waals surface area (Å²) in [6.45, 7) is 1.92. The van der Waals surface area contributed by atoms with Crippen molar-refractivity contribution in [2.75, 3.05) is 27.2 Å². The summed E-state index contributed by atoms with van der Waals surface area (Å²) in [5.74, 6) is 0.895. The van der Waals surface area contributed by atoms with Crippen molar-refractivity contribution in [3.05, 3.63) is 48.2 Å². The van der Waals surface area contributed by atoms with Gasteiger partial charge in [0.15, 0.2) is 0 Å². The van der Waals surface area contributed by atoms with Crippen LogP contribution in [0, 0.1) is 0 Å². The molecule has 1 atom stereocenters. The Morgan fingerprint density at radius 2 is 2.09 bits per heavy atom. The summed E-state index contributed by atoms with van der Waals surface area (Å²) in [7, 11) is 4.02. The zero-order valence-corrected chi connectivity index (χ0v) is 13.2. The van der Waals surface area contributed by atoms with Crippen LogP contribution in [-0.4, -0.2) is 48.9 Å². The monoisotopic (exact) mass is 298 g/mol. The highest BCUT2D eigenvalue weighted by Crippen LogP contribution is 2.21. The summed E-state index contributed by atoms with van der Waals surface area (Å²) in [5, 5.41) is 0. The molecule has 3 rings (SSSR count). The first-order chi connectivity index (χ1) is 10.6. The minimum absolute atomic E-state index is 0.0753. The second-order valence-electron chi connectivity index (χ2n) is 6.02.